The van der Waals surface area contributed by atoms with Gasteiger partial charge in [-0.2, -0.15) is 0 Å². The number of benzene rings is 3. The lowest BCUT2D eigenvalue weighted by molar-refractivity contribution is -0.149. The fourth-order valence-corrected chi connectivity index (χ4v) is 4.59. The van der Waals surface area contributed by atoms with Crippen LogP contribution in [0.5, 0.6) is 0 Å². The maximum Gasteiger partial charge on any atom is 0.308 e. The number of alkyl halides is 1. The van der Waals surface area contributed by atoms with Crippen molar-refractivity contribution in [1.29, 1.82) is 0 Å². The smallest absolute Gasteiger partial charge is 0.308 e. The van der Waals surface area contributed by atoms with Crippen LogP contribution >= 0.6 is 0 Å². The van der Waals surface area contributed by atoms with Gasteiger partial charge < -0.3 is 14.9 Å². The Morgan fingerprint density at radius 1 is 1.00 bits per heavy atom. The number of aromatic nitrogens is 1. The molecule has 1 amide bonds. The van der Waals surface area contributed by atoms with Crippen LogP contribution in [0.2, 0.25) is 0 Å². The fourth-order valence-electron chi connectivity index (χ4n) is 4.59. The van der Waals surface area contributed by atoms with Gasteiger partial charge >= 0.3 is 5.97 Å². The molecule has 0 bridgehead atoms. The first-order valence-electron chi connectivity index (χ1n) is 12.5. The van der Waals surface area contributed by atoms with Crippen molar-refractivity contribution in [2.45, 2.75) is 38.0 Å². The van der Waals surface area contributed by atoms with Crippen molar-refractivity contribution in [2.24, 2.45) is 5.16 Å². The molecule has 3 aromatic carbocycles. The van der Waals surface area contributed by atoms with E-state index in [1.54, 1.807) is 6.20 Å². The number of pyridine rings is 1. The zero-order valence-corrected chi connectivity index (χ0v) is 21.2. The predicted molar refractivity (Wildman–Crippen MR) is 144 cm³/mol. The molecule has 0 radical (unpaired) electrons. The molecule has 2 atom stereocenters. The minimum Gasteiger partial charge on any atom is -0.461 e. The number of ether oxygens (including phenoxy) is 1. The molecule has 39 heavy (non-hydrogen) atoms. The van der Waals surface area contributed by atoms with E-state index in [1.807, 2.05) is 72.8 Å². The van der Waals surface area contributed by atoms with E-state index in [0.29, 0.717) is 11.4 Å². The van der Waals surface area contributed by atoms with Crippen LogP contribution in [0.3, 0.4) is 0 Å². The van der Waals surface area contributed by atoms with Crippen LogP contribution < -0.4 is 5.32 Å². The van der Waals surface area contributed by atoms with Gasteiger partial charge in [-0.3, -0.25) is 19.4 Å². The molecule has 1 aliphatic rings. The second-order valence-electron chi connectivity index (χ2n) is 9.55. The number of hydrogen-bond acceptors (Lipinski definition) is 7. The average Bonchev–Trinajstić information content (AvgIpc) is 3.38. The SMILES string of the molecule is CC1(C(=O)N[C@@H](CC(=O)OCc2cccc3ccccc23)C(=O)CF)CC(c2nccc3ccccc23)=NO1. The first-order valence-corrected chi connectivity index (χ1v) is 12.5. The molecule has 8 nitrogen and oxygen atoms in total. The van der Waals surface area contributed by atoms with Crippen molar-refractivity contribution >= 4 is 44.9 Å². The quantitative estimate of drug-likeness (QED) is 0.323. The molecule has 0 saturated carbocycles. The number of Topliss-reactive ketones (excluding diaryl/α,β-unsaturated/α-hetero) is 1. The molecule has 0 fully saturated rings. The van der Waals surface area contributed by atoms with Gasteiger partial charge in [0.25, 0.3) is 5.91 Å². The van der Waals surface area contributed by atoms with E-state index in [0.717, 1.165) is 27.1 Å². The Balaban J connectivity index is 1.24. The van der Waals surface area contributed by atoms with Crippen molar-refractivity contribution in [1.82, 2.24) is 10.3 Å². The maximum atomic E-state index is 13.4. The summed E-state index contributed by atoms with van der Waals surface area (Å²) in [5, 5.41) is 10.3. The average molecular weight is 528 g/mol. The standard InChI is InChI=1S/C30H26FN3O5/c1-30(16-25(34-39-30)28-23-12-5-3-8-20(23)13-14-32-28)29(37)33-24(26(35)17-31)15-27(36)38-18-21-10-6-9-19-7-2-4-11-22(19)21/h2-14,24H,15-18H2,1H3,(H,33,37)/t24-,30?/m0/s1. The van der Waals surface area contributed by atoms with Gasteiger partial charge in [0.05, 0.1) is 12.1 Å². The first kappa shape index (κ1) is 26.0. The Labute approximate surface area is 223 Å². The summed E-state index contributed by atoms with van der Waals surface area (Å²) in [4.78, 5) is 48.0. The molecule has 1 N–H and O–H groups in total. The summed E-state index contributed by atoms with van der Waals surface area (Å²) in [6.07, 6.45) is 1.20. The Hall–Kier alpha value is -4.66. The van der Waals surface area contributed by atoms with Gasteiger partial charge in [0.1, 0.15) is 25.0 Å². The monoisotopic (exact) mass is 527 g/mol. The fraction of sp³-hybridized carbons (Fsp3) is 0.233. The molecule has 2 heterocycles. The maximum absolute atomic E-state index is 13.4. The minimum absolute atomic E-state index is 0.0271. The Morgan fingerprint density at radius 3 is 2.46 bits per heavy atom. The molecule has 1 unspecified atom stereocenters. The van der Waals surface area contributed by atoms with E-state index in [9.17, 15) is 18.8 Å². The number of oxime groups is 1. The lowest BCUT2D eigenvalue weighted by Gasteiger charge is -2.24. The van der Waals surface area contributed by atoms with Gasteiger partial charge in [-0.15, -0.1) is 0 Å². The molecule has 0 aliphatic carbocycles. The molecule has 9 heteroatoms. The number of fused-ring (bicyclic) bond motifs is 2. The van der Waals surface area contributed by atoms with E-state index >= 15 is 0 Å². The van der Waals surface area contributed by atoms with Gasteiger partial charge in [0, 0.05) is 18.0 Å². The third-order valence-electron chi connectivity index (χ3n) is 6.75. The van der Waals surface area contributed by atoms with Crippen LogP contribution in [0.1, 0.15) is 31.0 Å². The normalized spacial score (nSPS) is 17.3. The predicted octanol–water partition coefficient (Wildman–Crippen LogP) is 4.43. The second kappa shape index (κ2) is 11.0. The molecule has 5 rings (SSSR count). The van der Waals surface area contributed by atoms with Gasteiger partial charge in [0.15, 0.2) is 5.78 Å². The van der Waals surface area contributed by atoms with E-state index in [4.69, 9.17) is 9.57 Å². The number of carbonyl (C=O) groups excluding carboxylic acids is 3. The van der Waals surface area contributed by atoms with Gasteiger partial charge in [-0.1, -0.05) is 71.9 Å². The Kier molecular flexibility index (Phi) is 7.31. The van der Waals surface area contributed by atoms with Crippen LogP contribution in [-0.4, -0.2) is 46.7 Å². The zero-order chi connectivity index (χ0) is 27.4. The highest BCUT2D eigenvalue weighted by atomic mass is 19.1. The van der Waals surface area contributed by atoms with E-state index < -0.39 is 42.4 Å². The summed E-state index contributed by atoms with van der Waals surface area (Å²) in [5.74, 6) is -2.39. The number of rotatable bonds is 9. The molecular formula is C30H26FN3O5. The van der Waals surface area contributed by atoms with Crippen molar-refractivity contribution in [3.8, 4) is 0 Å². The number of amides is 1. The summed E-state index contributed by atoms with van der Waals surface area (Å²) in [6, 6.07) is 21.4. The topological polar surface area (TPSA) is 107 Å². The number of halogens is 1. The van der Waals surface area contributed by atoms with E-state index in [2.05, 4.69) is 15.5 Å². The summed E-state index contributed by atoms with van der Waals surface area (Å²) in [5.41, 5.74) is 0.359. The van der Waals surface area contributed by atoms with E-state index in [-0.39, 0.29) is 13.0 Å². The van der Waals surface area contributed by atoms with Crippen LogP contribution in [0.4, 0.5) is 4.39 Å². The van der Waals surface area contributed by atoms with Gasteiger partial charge in [0.2, 0.25) is 5.60 Å². The van der Waals surface area contributed by atoms with Crippen molar-refractivity contribution in [3.63, 3.8) is 0 Å². The van der Waals surface area contributed by atoms with E-state index in [1.165, 1.54) is 6.92 Å². The third-order valence-corrected chi connectivity index (χ3v) is 6.75. The minimum atomic E-state index is -1.48. The van der Waals surface area contributed by atoms with Gasteiger partial charge in [-0.05, 0) is 34.7 Å². The number of ketones is 1. The number of nitrogens with zero attached hydrogens (tertiary/aromatic N) is 2. The summed E-state index contributed by atoms with van der Waals surface area (Å²) >= 11 is 0. The lowest BCUT2D eigenvalue weighted by atomic mass is 9.94. The summed E-state index contributed by atoms with van der Waals surface area (Å²) in [7, 11) is 0. The third kappa shape index (κ3) is 5.47. The van der Waals surface area contributed by atoms with Crippen molar-refractivity contribution < 1.29 is 28.3 Å². The second-order valence-corrected chi connectivity index (χ2v) is 9.55. The van der Waals surface area contributed by atoms with Crippen molar-refractivity contribution in [2.75, 3.05) is 6.67 Å². The van der Waals surface area contributed by atoms with Crippen molar-refractivity contribution in [3.05, 3.63) is 90.3 Å². The van der Waals surface area contributed by atoms with Crippen LogP contribution in [0, 0.1) is 0 Å². The highest BCUT2D eigenvalue weighted by Crippen LogP contribution is 2.29. The summed E-state index contributed by atoms with van der Waals surface area (Å²) in [6.45, 7) is 0.140. The highest BCUT2D eigenvalue weighted by Gasteiger charge is 2.44. The number of nitrogens with one attached hydrogen (secondary N) is 1. The summed E-state index contributed by atoms with van der Waals surface area (Å²) < 4.78 is 18.7. The van der Waals surface area contributed by atoms with Crippen LogP contribution in [-0.2, 0) is 30.6 Å². The number of carbonyl (C=O) groups is 3. The number of hydrogen-bond donors (Lipinski definition) is 1. The van der Waals surface area contributed by atoms with Gasteiger partial charge in [-0.25, -0.2) is 4.39 Å². The zero-order valence-electron chi connectivity index (χ0n) is 21.2. The molecule has 1 aromatic heterocycles. The molecule has 0 spiro atoms. The largest absolute Gasteiger partial charge is 0.461 e. The molecule has 198 valence electrons. The molecular weight excluding hydrogens is 501 g/mol. The molecule has 1 aliphatic heterocycles. The Morgan fingerprint density at radius 2 is 1.69 bits per heavy atom. The van der Waals surface area contributed by atoms with Crippen LogP contribution in [0.15, 0.2) is 84.1 Å². The first-order chi connectivity index (χ1) is 18.9. The molecule has 4 aromatic rings. The lowest BCUT2D eigenvalue weighted by Crippen LogP contribution is -2.52. The highest BCUT2D eigenvalue weighted by molar-refractivity contribution is 6.12. The van der Waals surface area contributed by atoms with Crippen LogP contribution in [0.25, 0.3) is 21.5 Å². The number of esters is 1. The Bertz CT molecular complexity index is 1590. The molecule has 0 saturated heterocycles.